The molecule has 2 aromatic rings. The number of benzene rings is 2. The topological polar surface area (TPSA) is 46.3 Å². The van der Waals surface area contributed by atoms with Crippen molar-refractivity contribution in [3.05, 3.63) is 48.0 Å². The van der Waals surface area contributed by atoms with Gasteiger partial charge >= 0.3 is 0 Å². The first kappa shape index (κ1) is 23.5. The van der Waals surface area contributed by atoms with E-state index in [-0.39, 0.29) is 18.3 Å². The summed E-state index contributed by atoms with van der Waals surface area (Å²) in [7, 11) is 0. The molecule has 1 amide bonds. The van der Waals surface area contributed by atoms with Crippen molar-refractivity contribution < 1.29 is 4.79 Å². The van der Waals surface area contributed by atoms with E-state index >= 15 is 0 Å². The normalized spacial score (nSPS) is 11.8. The Bertz CT molecular complexity index is 674. The summed E-state index contributed by atoms with van der Waals surface area (Å²) in [5.41, 5.74) is 7.52. The smallest absolute Gasteiger partial charge is 0.239 e. The maximum atomic E-state index is 13.0. The van der Waals surface area contributed by atoms with E-state index < -0.39 is 6.04 Å². The summed E-state index contributed by atoms with van der Waals surface area (Å²) in [5.74, 6) is 0.102. The molecule has 0 aliphatic carbocycles. The van der Waals surface area contributed by atoms with Gasteiger partial charge in [0.05, 0.1) is 6.04 Å². The molecule has 0 fully saturated rings. The van der Waals surface area contributed by atoms with Gasteiger partial charge in [-0.05, 0) is 35.6 Å². The van der Waals surface area contributed by atoms with Gasteiger partial charge in [0.2, 0.25) is 5.91 Å². The Labute approximate surface area is 170 Å². The van der Waals surface area contributed by atoms with Crippen molar-refractivity contribution in [2.24, 2.45) is 5.73 Å². The molecule has 2 aromatic carbocycles. The lowest BCUT2D eigenvalue weighted by Crippen LogP contribution is -2.45. The number of hydrogen-bond donors (Lipinski definition) is 1. The maximum absolute atomic E-state index is 13.0. The number of fused-ring (bicyclic) bond motifs is 1. The van der Waals surface area contributed by atoms with E-state index in [4.69, 9.17) is 5.73 Å². The predicted molar refractivity (Wildman–Crippen MR) is 119 cm³/mol. The van der Waals surface area contributed by atoms with E-state index in [9.17, 15) is 4.79 Å². The Kier molecular flexibility index (Phi) is 11.1. The molecule has 0 heterocycles. The largest absolute Gasteiger partial charge is 0.341 e. The first-order chi connectivity index (χ1) is 12.7. The molecule has 0 bridgehead atoms. The van der Waals surface area contributed by atoms with Crippen LogP contribution in [0.2, 0.25) is 0 Å². The number of amides is 1. The highest BCUT2D eigenvalue weighted by atomic mass is 35.5. The van der Waals surface area contributed by atoms with Gasteiger partial charge in [0.15, 0.2) is 0 Å². The highest BCUT2D eigenvalue weighted by Crippen LogP contribution is 2.20. The van der Waals surface area contributed by atoms with Gasteiger partial charge in [0.25, 0.3) is 0 Å². The zero-order valence-electron chi connectivity index (χ0n) is 16.8. The van der Waals surface area contributed by atoms with Gasteiger partial charge in [0, 0.05) is 13.1 Å². The number of carbonyl (C=O) groups excluding carboxylic acids is 1. The molecule has 27 heavy (non-hydrogen) atoms. The first-order valence-corrected chi connectivity index (χ1v) is 10.2. The lowest BCUT2D eigenvalue weighted by molar-refractivity contribution is -0.132. The quantitative estimate of drug-likeness (QED) is 0.526. The number of carbonyl (C=O) groups is 1. The van der Waals surface area contributed by atoms with Crippen LogP contribution in [0.5, 0.6) is 0 Å². The molecular formula is C23H35ClN2O. The minimum Gasteiger partial charge on any atom is -0.341 e. The van der Waals surface area contributed by atoms with E-state index in [1.807, 2.05) is 17.0 Å². The fourth-order valence-electron chi connectivity index (χ4n) is 3.47. The van der Waals surface area contributed by atoms with E-state index in [2.05, 4.69) is 44.2 Å². The zero-order valence-corrected chi connectivity index (χ0v) is 17.6. The fraction of sp³-hybridized carbons (Fsp3) is 0.522. The number of halogens is 1. The fourth-order valence-corrected chi connectivity index (χ4v) is 3.47. The predicted octanol–water partition coefficient (Wildman–Crippen LogP) is 5.34. The van der Waals surface area contributed by atoms with Crippen LogP contribution in [0.1, 0.15) is 57.9 Å². The molecule has 3 nitrogen and oxygen atoms in total. The van der Waals surface area contributed by atoms with Crippen LogP contribution in [0.25, 0.3) is 10.8 Å². The molecule has 0 radical (unpaired) electrons. The third kappa shape index (κ3) is 7.15. The summed E-state index contributed by atoms with van der Waals surface area (Å²) >= 11 is 0. The highest BCUT2D eigenvalue weighted by Gasteiger charge is 2.21. The molecule has 2 N–H and O–H groups in total. The molecule has 0 spiro atoms. The Morgan fingerprint density at radius 3 is 2.15 bits per heavy atom. The second-order valence-corrected chi connectivity index (χ2v) is 7.19. The summed E-state index contributed by atoms with van der Waals surface area (Å²) in [6, 6.07) is 14.1. The molecule has 1 atom stereocenters. The molecule has 0 aromatic heterocycles. The standard InChI is InChI=1S/C23H34N2O.ClH/c1-3-5-9-16-25(17-10-6-4-2)23(26)22(24)18-20-14-11-13-19-12-7-8-15-21(19)20;/h7-8,11-15,22H,3-6,9-10,16-18,24H2,1-2H3;1H/t22-;/m1./s1. The van der Waals surface area contributed by atoms with Crippen LogP contribution in [0.4, 0.5) is 0 Å². The zero-order chi connectivity index (χ0) is 18.8. The lowest BCUT2D eigenvalue weighted by atomic mass is 9.98. The minimum absolute atomic E-state index is 0. The summed E-state index contributed by atoms with van der Waals surface area (Å²) in [6.45, 7) is 6.05. The number of rotatable bonds is 11. The molecular weight excluding hydrogens is 356 g/mol. The molecule has 4 heteroatoms. The van der Waals surface area contributed by atoms with Crippen molar-refractivity contribution >= 4 is 29.1 Å². The Morgan fingerprint density at radius 2 is 1.52 bits per heavy atom. The molecule has 0 aliphatic heterocycles. The molecule has 0 saturated carbocycles. The van der Waals surface area contributed by atoms with Gasteiger partial charge in [-0.3, -0.25) is 4.79 Å². The van der Waals surface area contributed by atoms with Gasteiger partial charge in [-0.2, -0.15) is 0 Å². The monoisotopic (exact) mass is 390 g/mol. The van der Waals surface area contributed by atoms with E-state index in [1.165, 1.54) is 23.6 Å². The number of unbranched alkanes of at least 4 members (excludes halogenated alkanes) is 4. The van der Waals surface area contributed by atoms with E-state index in [0.29, 0.717) is 6.42 Å². The second-order valence-electron chi connectivity index (χ2n) is 7.19. The minimum atomic E-state index is -0.468. The van der Waals surface area contributed by atoms with Crippen molar-refractivity contribution in [2.45, 2.75) is 64.8 Å². The van der Waals surface area contributed by atoms with Gasteiger partial charge in [-0.15, -0.1) is 12.4 Å². The first-order valence-electron chi connectivity index (χ1n) is 10.2. The average molecular weight is 391 g/mol. The van der Waals surface area contributed by atoms with Crippen LogP contribution in [0.3, 0.4) is 0 Å². The third-order valence-electron chi connectivity index (χ3n) is 5.01. The van der Waals surface area contributed by atoms with Crippen LogP contribution >= 0.6 is 12.4 Å². The van der Waals surface area contributed by atoms with Crippen LogP contribution < -0.4 is 5.73 Å². The van der Waals surface area contributed by atoms with Gasteiger partial charge in [-0.1, -0.05) is 82.0 Å². The summed E-state index contributed by atoms with van der Waals surface area (Å²) < 4.78 is 0. The van der Waals surface area contributed by atoms with Crippen molar-refractivity contribution in [1.82, 2.24) is 4.90 Å². The summed E-state index contributed by atoms with van der Waals surface area (Å²) in [6.07, 6.45) is 7.38. The molecule has 150 valence electrons. The van der Waals surface area contributed by atoms with Crippen molar-refractivity contribution in [3.63, 3.8) is 0 Å². The molecule has 2 rings (SSSR count). The van der Waals surface area contributed by atoms with Gasteiger partial charge < -0.3 is 10.6 Å². The molecule has 0 unspecified atom stereocenters. The van der Waals surface area contributed by atoms with E-state index in [0.717, 1.165) is 44.3 Å². The van der Waals surface area contributed by atoms with Gasteiger partial charge in [-0.25, -0.2) is 0 Å². The highest BCUT2D eigenvalue weighted by molar-refractivity contribution is 5.87. The van der Waals surface area contributed by atoms with Crippen molar-refractivity contribution in [1.29, 1.82) is 0 Å². The Hall–Kier alpha value is -1.58. The number of nitrogens with two attached hydrogens (primary N) is 1. The lowest BCUT2D eigenvalue weighted by Gasteiger charge is -2.26. The SMILES string of the molecule is CCCCCN(CCCCC)C(=O)[C@H](N)Cc1cccc2ccccc12.Cl. The molecule has 0 aliphatic rings. The maximum Gasteiger partial charge on any atom is 0.239 e. The van der Waals surface area contributed by atoms with Crippen LogP contribution in [-0.2, 0) is 11.2 Å². The van der Waals surface area contributed by atoms with E-state index in [1.54, 1.807) is 0 Å². The Morgan fingerprint density at radius 1 is 0.926 bits per heavy atom. The van der Waals surface area contributed by atoms with Gasteiger partial charge in [0.1, 0.15) is 0 Å². The average Bonchev–Trinajstić information content (AvgIpc) is 2.66. The third-order valence-corrected chi connectivity index (χ3v) is 5.01. The number of nitrogens with zero attached hydrogens (tertiary/aromatic N) is 1. The summed E-state index contributed by atoms with van der Waals surface area (Å²) in [5, 5.41) is 2.40. The molecule has 0 saturated heterocycles. The second kappa shape index (κ2) is 12.7. The van der Waals surface area contributed by atoms with Crippen LogP contribution in [0, 0.1) is 0 Å². The van der Waals surface area contributed by atoms with Crippen LogP contribution in [0.15, 0.2) is 42.5 Å². The summed E-state index contributed by atoms with van der Waals surface area (Å²) in [4.78, 5) is 15.0. The van der Waals surface area contributed by atoms with Crippen LogP contribution in [-0.4, -0.2) is 29.9 Å². The van der Waals surface area contributed by atoms with Crippen molar-refractivity contribution in [3.8, 4) is 0 Å². The Balaban J connectivity index is 0.00000364. The van der Waals surface area contributed by atoms with Crippen molar-refractivity contribution in [2.75, 3.05) is 13.1 Å². The number of hydrogen-bond acceptors (Lipinski definition) is 2.